The van der Waals surface area contributed by atoms with Gasteiger partial charge in [0.2, 0.25) is 27.7 Å². The Bertz CT molecular complexity index is 2260. The maximum absolute atomic E-state index is 14.4. The molecule has 2 aromatic rings. The number of amidine groups is 1. The fourth-order valence-corrected chi connectivity index (χ4v) is 10.3. The van der Waals surface area contributed by atoms with Gasteiger partial charge in [0.15, 0.2) is 0 Å². The van der Waals surface area contributed by atoms with Crippen LogP contribution < -0.4 is 10.0 Å². The van der Waals surface area contributed by atoms with Crippen molar-refractivity contribution in [2.45, 2.75) is 136 Å². The van der Waals surface area contributed by atoms with Crippen molar-refractivity contribution in [3.8, 4) is 0 Å². The Kier molecular flexibility index (Phi) is 21.2. The van der Waals surface area contributed by atoms with E-state index in [1.807, 2.05) is 60.5 Å². The summed E-state index contributed by atoms with van der Waals surface area (Å²) in [5.74, 6) is -3.38. The molecule has 0 spiro atoms. The summed E-state index contributed by atoms with van der Waals surface area (Å²) in [6.45, 7) is 14.2. The van der Waals surface area contributed by atoms with Crippen molar-refractivity contribution in [3.05, 3.63) is 59.9 Å². The van der Waals surface area contributed by atoms with E-state index < -0.39 is 81.7 Å². The SMILES string of the molecule is CC[C@H](C)[C@@H]([C@@H](CC(=O)N1CCCC1[C@H](OC)[C@@H](C)C(=O)N[C@@H](Cc1ccccc1)C(=O)NS(=O)(=O)CCCn1cc(CN2C(=O)C=CC2=O)nn1)OC)N(C)C(=O)[C@@H](N=C(C(C)C)N(C)C)C(C)C. The van der Waals surface area contributed by atoms with Gasteiger partial charge in [-0.25, -0.2) is 8.42 Å². The first kappa shape index (κ1) is 57.0. The number of imide groups is 1. The first-order valence-electron chi connectivity index (χ1n) is 24.2. The smallest absolute Gasteiger partial charge is 0.256 e. The van der Waals surface area contributed by atoms with Crippen molar-refractivity contribution in [1.82, 2.24) is 44.6 Å². The fraction of sp³-hybridized carbons (Fsp3) is 0.653. The van der Waals surface area contributed by atoms with Gasteiger partial charge in [0.05, 0.1) is 55.1 Å². The van der Waals surface area contributed by atoms with E-state index in [2.05, 4.69) is 20.4 Å². The van der Waals surface area contributed by atoms with Crippen LogP contribution in [0.5, 0.6) is 0 Å². The summed E-state index contributed by atoms with van der Waals surface area (Å²) in [6, 6.07) is 5.95. The molecule has 2 N–H and O–H groups in total. The highest BCUT2D eigenvalue weighted by molar-refractivity contribution is 7.90. The van der Waals surface area contributed by atoms with Gasteiger partial charge < -0.3 is 29.5 Å². The number of sulfonamides is 1. The summed E-state index contributed by atoms with van der Waals surface area (Å²) in [5.41, 5.74) is 1.01. The molecule has 388 valence electrons. The number of aliphatic imine (C=N–C) groups is 1. The Morgan fingerprint density at radius 2 is 1.60 bits per heavy atom. The van der Waals surface area contributed by atoms with E-state index in [4.69, 9.17) is 14.5 Å². The maximum Gasteiger partial charge on any atom is 0.256 e. The van der Waals surface area contributed by atoms with E-state index in [0.717, 1.165) is 29.3 Å². The number of nitrogens with zero attached hydrogens (tertiary/aromatic N) is 8. The van der Waals surface area contributed by atoms with Crippen molar-refractivity contribution in [2.24, 2.45) is 28.7 Å². The number of hydrogen-bond acceptors (Lipinski definition) is 13. The molecule has 1 aromatic heterocycles. The number of amides is 6. The van der Waals surface area contributed by atoms with E-state index >= 15 is 0 Å². The number of aromatic nitrogens is 3. The highest BCUT2D eigenvalue weighted by Crippen LogP contribution is 2.30. The zero-order valence-corrected chi connectivity index (χ0v) is 43.8. The second-order valence-electron chi connectivity index (χ2n) is 19.3. The van der Waals surface area contributed by atoms with E-state index in [1.165, 1.54) is 18.0 Å². The molecule has 0 aliphatic carbocycles. The second kappa shape index (κ2) is 26.1. The lowest BCUT2D eigenvalue weighted by molar-refractivity contribution is -0.146. The molecular formula is C49H76N10O10S. The molecule has 2 aliphatic rings. The number of rotatable bonds is 26. The molecular weight excluding hydrogens is 921 g/mol. The Balaban J connectivity index is 1.45. The second-order valence-corrected chi connectivity index (χ2v) is 21.1. The lowest BCUT2D eigenvalue weighted by Crippen LogP contribution is -2.56. The minimum absolute atomic E-state index is 0.0167. The number of aryl methyl sites for hydroxylation is 1. The van der Waals surface area contributed by atoms with Crippen LogP contribution in [0.1, 0.15) is 91.8 Å². The topological polar surface area (TPSA) is 235 Å². The van der Waals surface area contributed by atoms with Crippen LogP contribution in [0.3, 0.4) is 0 Å². The van der Waals surface area contributed by atoms with Crippen LogP contribution in [0.4, 0.5) is 0 Å². The summed E-state index contributed by atoms with van der Waals surface area (Å²) in [4.78, 5) is 92.0. The molecule has 1 aromatic carbocycles. The van der Waals surface area contributed by atoms with Crippen molar-refractivity contribution < 1.29 is 46.7 Å². The highest BCUT2D eigenvalue weighted by Gasteiger charge is 2.43. The number of carbonyl (C=O) groups is 6. The Labute approximate surface area is 414 Å². The first-order chi connectivity index (χ1) is 33.0. The number of carbonyl (C=O) groups excluding carboxylic acids is 6. The van der Waals surface area contributed by atoms with Gasteiger partial charge in [-0.3, -0.25) is 48.1 Å². The van der Waals surface area contributed by atoms with Crippen molar-refractivity contribution in [1.29, 1.82) is 0 Å². The molecule has 0 bridgehead atoms. The van der Waals surface area contributed by atoms with E-state index in [-0.39, 0.29) is 61.9 Å². The third-order valence-electron chi connectivity index (χ3n) is 13.2. The van der Waals surface area contributed by atoms with E-state index in [9.17, 15) is 37.2 Å². The predicted octanol–water partition coefficient (Wildman–Crippen LogP) is 2.83. The number of benzene rings is 1. The third-order valence-corrected chi connectivity index (χ3v) is 14.5. The van der Waals surface area contributed by atoms with E-state index in [0.29, 0.717) is 30.6 Å². The molecule has 8 atom stereocenters. The molecule has 0 saturated carbocycles. The first-order valence-corrected chi connectivity index (χ1v) is 25.9. The highest BCUT2D eigenvalue weighted by atomic mass is 32.2. The monoisotopic (exact) mass is 997 g/mol. The average Bonchev–Trinajstić information content (AvgIpc) is 4.06. The Morgan fingerprint density at radius 3 is 2.17 bits per heavy atom. The molecule has 21 heteroatoms. The molecule has 20 nitrogen and oxygen atoms in total. The third kappa shape index (κ3) is 15.2. The zero-order valence-electron chi connectivity index (χ0n) is 43.0. The minimum Gasteiger partial charge on any atom is -0.379 e. The van der Waals surface area contributed by atoms with Gasteiger partial charge in [-0.05, 0) is 36.7 Å². The van der Waals surface area contributed by atoms with Crippen LogP contribution in [-0.4, -0.2) is 168 Å². The van der Waals surface area contributed by atoms with Gasteiger partial charge in [0, 0.05) is 72.9 Å². The maximum atomic E-state index is 14.4. The van der Waals surface area contributed by atoms with Crippen molar-refractivity contribution >= 4 is 51.3 Å². The molecule has 1 saturated heterocycles. The normalized spacial score (nSPS) is 18.4. The predicted molar refractivity (Wildman–Crippen MR) is 264 cm³/mol. The van der Waals surface area contributed by atoms with Gasteiger partial charge in [-0.15, -0.1) is 5.10 Å². The molecule has 6 amide bonds. The number of ether oxygens (including phenoxy) is 2. The molecule has 4 rings (SSSR count). The van der Waals surface area contributed by atoms with Gasteiger partial charge in [-0.2, -0.15) is 0 Å². The van der Waals surface area contributed by atoms with Gasteiger partial charge in [0.1, 0.15) is 23.6 Å². The summed E-state index contributed by atoms with van der Waals surface area (Å²) >= 11 is 0. The van der Waals surface area contributed by atoms with Crippen molar-refractivity contribution in [3.63, 3.8) is 0 Å². The molecule has 0 radical (unpaired) electrons. The summed E-state index contributed by atoms with van der Waals surface area (Å²) < 4.78 is 42.1. The lowest BCUT2D eigenvalue weighted by atomic mass is 9.89. The number of likely N-dealkylation sites (N-methyl/N-ethyl adjacent to an activating group) is 1. The van der Waals surface area contributed by atoms with Crippen LogP contribution in [0.25, 0.3) is 0 Å². The molecule has 70 heavy (non-hydrogen) atoms. The van der Waals surface area contributed by atoms with Crippen molar-refractivity contribution in [2.75, 3.05) is 47.7 Å². The van der Waals surface area contributed by atoms with Gasteiger partial charge in [-0.1, -0.05) is 90.4 Å². The minimum atomic E-state index is -4.20. The zero-order chi connectivity index (χ0) is 52.0. The molecule has 3 heterocycles. The number of likely N-dealkylation sites (tertiary alicyclic amines) is 1. The molecule has 2 aliphatic heterocycles. The van der Waals surface area contributed by atoms with Crippen LogP contribution in [-0.2, 0) is 67.8 Å². The van der Waals surface area contributed by atoms with Crippen LogP contribution in [0.2, 0.25) is 0 Å². The largest absolute Gasteiger partial charge is 0.379 e. The summed E-state index contributed by atoms with van der Waals surface area (Å²) in [5, 5.41) is 10.7. The molecule has 1 unspecified atom stereocenters. The quantitative estimate of drug-likeness (QED) is 0.0785. The number of methoxy groups -OCH3 is 2. The Hall–Kier alpha value is -5.54. The Morgan fingerprint density at radius 1 is 0.943 bits per heavy atom. The number of hydrogen-bond donors (Lipinski definition) is 2. The van der Waals surface area contributed by atoms with E-state index in [1.54, 1.807) is 61.2 Å². The van der Waals surface area contributed by atoms with Crippen LogP contribution in [0, 0.1) is 23.7 Å². The molecule has 1 fully saturated rings. The van der Waals surface area contributed by atoms with Gasteiger partial charge >= 0.3 is 0 Å². The summed E-state index contributed by atoms with van der Waals surface area (Å²) in [7, 11) is 4.40. The average molecular weight is 997 g/mol. The fourth-order valence-electron chi connectivity index (χ4n) is 9.25. The summed E-state index contributed by atoms with van der Waals surface area (Å²) in [6.07, 6.45) is 4.27. The van der Waals surface area contributed by atoms with Crippen LogP contribution in [0.15, 0.2) is 53.7 Å². The standard InChI is InChI=1S/C49H76N10O10S/c1-13-33(6)44(56(10)49(65)43(31(2)3)51-46(32(4)5)55(8)9)39(68-11)28-42(62)58-25-17-21-38(58)45(69-12)34(7)47(63)50-37(27-35-19-15-14-16-20-35)48(64)53-70(66,67)26-18-24-57-29-36(52-54-57)30-59-40(60)22-23-41(59)61/h14-16,19-20,22-23,29,31-34,37-39,43-45H,13,17-18,21,24-28,30H2,1-12H3,(H,50,63)(H,53,64)/t33-,34+,37-,38?,39+,43-,44-,45+/m0/s1. The number of nitrogens with one attached hydrogen (secondary N) is 2. The lowest BCUT2D eigenvalue weighted by Gasteiger charge is -2.40. The van der Waals surface area contributed by atoms with Gasteiger partial charge in [0.25, 0.3) is 17.7 Å². The van der Waals surface area contributed by atoms with Crippen LogP contribution >= 0.6 is 0 Å².